The van der Waals surface area contributed by atoms with Gasteiger partial charge in [0.05, 0.1) is 11.1 Å². The number of benzene rings is 1. The normalized spacial score (nSPS) is 10.6. The molecule has 0 aliphatic heterocycles. The van der Waals surface area contributed by atoms with Crippen LogP contribution in [-0.2, 0) is 11.3 Å². The Balaban J connectivity index is 2.82. The second-order valence-corrected chi connectivity index (χ2v) is 4.76. The van der Waals surface area contributed by atoms with Crippen LogP contribution in [0, 0.1) is 13.8 Å². The SMILES string of the molecule is Cc1cc2c(ccc(=O)n2CC(=O)NN)c(C)c1C(=O)O. The van der Waals surface area contributed by atoms with E-state index in [4.69, 9.17) is 5.84 Å². The van der Waals surface area contributed by atoms with E-state index in [1.807, 2.05) is 5.43 Å². The Bertz CT molecular complexity index is 808. The molecule has 1 aromatic heterocycles. The van der Waals surface area contributed by atoms with Gasteiger partial charge in [-0.25, -0.2) is 10.6 Å². The van der Waals surface area contributed by atoms with Crippen LogP contribution in [0.25, 0.3) is 10.9 Å². The highest BCUT2D eigenvalue weighted by molar-refractivity contribution is 5.98. The molecule has 2 aromatic rings. The highest BCUT2D eigenvalue weighted by atomic mass is 16.4. The van der Waals surface area contributed by atoms with Gasteiger partial charge in [0.25, 0.3) is 11.5 Å². The van der Waals surface area contributed by atoms with Gasteiger partial charge in [-0.1, -0.05) is 0 Å². The smallest absolute Gasteiger partial charge is 0.336 e. The van der Waals surface area contributed by atoms with E-state index in [0.29, 0.717) is 22.0 Å². The Hall–Kier alpha value is -2.67. The van der Waals surface area contributed by atoms with Crippen molar-refractivity contribution in [1.82, 2.24) is 9.99 Å². The van der Waals surface area contributed by atoms with Crippen LogP contribution in [0.5, 0.6) is 0 Å². The molecule has 0 aliphatic rings. The van der Waals surface area contributed by atoms with Crippen molar-refractivity contribution in [1.29, 1.82) is 0 Å². The quantitative estimate of drug-likeness (QED) is 0.427. The number of hydrogen-bond acceptors (Lipinski definition) is 4. The molecule has 0 unspecified atom stereocenters. The van der Waals surface area contributed by atoms with Crippen LogP contribution in [0.1, 0.15) is 21.5 Å². The van der Waals surface area contributed by atoms with Crippen LogP contribution >= 0.6 is 0 Å². The van der Waals surface area contributed by atoms with Gasteiger partial charge < -0.3 is 5.11 Å². The van der Waals surface area contributed by atoms with Crippen LogP contribution in [-0.4, -0.2) is 21.6 Å². The van der Waals surface area contributed by atoms with E-state index < -0.39 is 11.9 Å². The average molecular weight is 289 g/mol. The van der Waals surface area contributed by atoms with Gasteiger partial charge in [0.2, 0.25) is 0 Å². The first-order valence-corrected chi connectivity index (χ1v) is 6.23. The number of nitrogens with zero attached hydrogens (tertiary/aromatic N) is 1. The summed E-state index contributed by atoms with van der Waals surface area (Å²) in [5, 5.41) is 9.88. The first-order valence-electron chi connectivity index (χ1n) is 6.23. The molecule has 0 aliphatic carbocycles. The molecule has 7 heteroatoms. The van der Waals surface area contributed by atoms with Gasteiger partial charge in [-0.2, -0.15) is 0 Å². The molecule has 0 spiro atoms. The maximum absolute atomic E-state index is 12.0. The van der Waals surface area contributed by atoms with E-state index >= 15 is 0 Å². The monoisotopic (exact) mass is 289 g/mol. The van der Waals surface area contributed by atoms with Gasteiger partial charge in [0, 0.05) is 11.5 Å². The fourth-order valence-electron chi connectivity index (χ4n) is 2.46. The summed E-state index contributed by atoms with van der Waals surface area (Å²) in [5.41, 5.74) is 3.41. The number of pyridine rings is 1. The van der Waals surface area contributed by atoms with Crippen LogP contribution < -0.4 is 16.8 Å². The molecule has 1 heterocycles. The Morgan fingerprint density at radius 3 is 2.57 bits per heavy atom. The maximum atomic E-state index is 12.0. The third-order valence-electron chi connectivity index (χ3n) is 3.43. The van der Waals surface area contributed by atoms with Crippen molar-refractivity contribution in [3.8, 4) is 0 Å². The third-order valence-corrected chi connectivity index (χ3v) is 3.43. The number of amides is 1. The highest BCUT2D eigenvalue weighted by Crippen LogP contribution is 2.24. The fraction of sp³-hybridized carbons (Fsp3) is 0.214. The van der Waals surface area contributed by atoms with Crippen molar-refractivity contribution in [3.63, 3.8) is 0 Å². The minimum Gasteiger partial charge on any atom is -0.478 e. The summed E-state index contributed by atoms with van der Waals surface area (Å²) in [4.78, 5) is 34.7. The van der Waals surface area contributed by atoms with E-state index in [1.165, 1.54) is 10.6 Å². The summed E-state index contributed by atoms with van der Waals surface area (Å²) in [7, 11) is 0. The number of aromatic nitrogens is 1. The first-order chi connectivity index (χ1) is 9.86. The average Bonchev–Trinajstić information content (AvgIpc) is 2.41. The van der Waals surface area contributed by atoms with Crippen LogP contribution in [0.15, 0.2) is 23.0 Å². The summed E-state index contributed by atoms with van der Waals surface area (Å²) in [6.07, 6.45) is 0. The first kappa shape index (κ1) is 14.7. The molecule has 0 bridgehead atoms. The number of carboxylic acids is 1. The van der Waals surface area contributed by atoms with E-state index in [9.17, 15) is 19.5 Å². The Morgan fingerprint density at radius 2 is 2.00 bits per heavy atom. The lowest BCUT2D eigenvalue weighted by molar-refractivity contribution is -0.121. The molecule has 1 amide bonds. The lowest BCUT2D eigenvalue weighted by Crippen LogP contribution is -2.36. The van der Waals surface area contributed by atoms with Crippen molar-refractivity contribution in [2.75, 3.05) is 0 Å². The molecule has 7 nitrogen and oxygen atoms in total. The van der Waals surface area contributed by atoms with Crippen LogP contribution in [0.2, 0.25) is 0 Å². The van der Waals surface area contributed by atoms with Crippen LogP contribution in [0.3, 0.4) is 0 Å². The molecule has 21 heavy (non-hydrogen) atoms. The fourth-order valence-corrected chi connectivity index (χ4v) is 2.46. The second-order valence-electron chi connectivity index (χ2n) is 4.76. The molecule has 0 saturated carbocycles. The molecule has 0 atom stereocenters. The largest absolute Gasteiger partial charge is 0.478 e. The molecule has 0 fully saturated rings. The standard InChI is InChI=1S/C14H15N3O4/c1-7-5-10-9(8(2)13(7)14(20)21)3-4-12(19)17(10)6-11(18)16-15/h3-5H,6,15H2,1-2H3,(H,16,18)(H,20,21). The number of carbonyl (C=O) groups is 2. The molecule has 0 radical (unpaired) electrons. The second kappa shape index (κ2) is 5.37. The van der Waals surface area contributed by atoms with Crippen molar-refractivity contribution >= 4 is 22.8 Å². The number of nitrogens with two attached hydrogens (primary N) is 1. The molecule has 4 N–H and O–H groups in total. The van der Waals surface area contributed by atoms with Crippen molar-refractivity contribution in [2.24, 2.45) is 5.84 Å². The van der Waals surface area contributed by atoms with Crippen LogP contribution in [0.4, 0.5) is 0 Å². The predicted octanol–water partition coefficient (Wildman–Crippen LogP) is 0.306. The lowest BCUT2D eigenvalue weighted by Gasteiger charge is -2.14. The number of hydrazine groups is 1. The van der Waals surface area contributed by atoms with Gasteiger partial charge in [-0.05, 0) is 37.1 Å². The van der Waals surface area contributed by atoms with Gasteiger partial charge in [-0.3, -0.25) is 19.6 Å². The molecular weight excluding hydrogens is 274 g/mol. The number of rotatable bonds is 3. The highest BCUT2D eigenvalue weighted by Gasteiger charge is 2.16. The molecule has 1 aromatic carbocycles. The Morgan fingerprint density at radius 1 is 1.33 bits per heavy atom. The van der Waals surface area contributed by atoms with Crippen molar-refractivity contribution < 1.29 is 14.7 Å². The van der Waals surface area contributed by atoms with Crippen molar-refractivity contribution in [3.05, 3.63) is 45.2 Å². The molecular formula is C14H15N3O4. The Labute approximate surface area is 120 Å². The number of aryl methyl sites for hydroxylation is 2. The minimum atomic E-state index is -1.02. The zero-order chi connectivity index (χ0) is 15.7. The lowest BCUT2D eigenvalue weighted by atomic mass is 9.98. The maximum Gasteiger partial charge on any atom is 0.336 e. The number of carboxylic acid groups (broad SMARTS) is 1. The van der Waals surface area contributed by atoms with E-state index in [0.717, 1.165) is 0 Å². The van der Waals surface area contributed by atoms with E-state index in [-0.39, 0.29) is 17.7 Å². The molecule has 0 saturated heterocycles. The number of hydrogen-bond donors (Lipinski definition) is 3. The number of carbonyl (C=O) groups excluding carboxylic acids is 1. The van der Waals surface area contributed by atoms with Gasteiger partial charge in [0.1, 0.15) is 6.54 Å². The summed E-state index contributed by atoms with van der Waals surface area (Å²) >= 11 is 0. The molecule has 110 valence electrons. The number of aromatic carboxylic acids is 1. The molecule has 2 rings (SSSR count). The minimum absolute atomic E-state index is 0.205. The number of fused-ring (bicyclic) bond motifs is 1. The number of nitrogens with one attached hydrogen (secondary N) is 1. The predicted molar refractivity (Wildman–Crippen MR) is 77.0 cm³/mol. The van der Waals surface area contributed by atoms with Gasteiger partial charge in [-0.15, -0.1) is 0 Å². The van der Waals surface area contributed by atoms with E-state index in [1.54, 1.807) is 26.0 Å². The summed E-state index contributed by atoms with van der Waals surface area (Å²) in [5.74, 6) is 3.51. The van der Waals surface area contributed by atoms with Gasteiger partial charge in [0.15, 0.2) is 0 Å². The summed E-state index contributed by atoms with van der Waals surface area (Å²) in [6.45, 7) is 3.11. The van der Waals surface area contributed by atoms with E-state index in [2.05, 4.69) is 0 Å². The summed E-state index contributed by atoms with van der Waals surface area (Å²) < 4.78 is 1.27. The topological polar surface area (TPSA) is 114 Å². The Kier molecular flexibility index (Phi) is 3.77. The third kappa shape index (κ3) is 2.50. The van der Waals surface area contributed by atoms with Gasteiger partial charge >= 0.3 is 5.97 Å². The zero-order valence-corrected chi connectivity index (χ0v) is 11.6. The summed E-state index contributed by atoms with van der Waals surface area (Å²) in [6, 6.07) is 4.47. The van der Waals surface area contributed by atoms with Crippen molar-refractivity contribution in [2.45, 2.75) is 20.4 Å². The zero-order valence-electron chi connectivity index (χ0n) is 11.6.